The van der Waals surface area contributed by atoms with Crippen LogP contribution in [0.1, 0.15) is 25.2 Å². The van der Waals surface area contributed by atoms with Gasteiger partial charge < -0.3 is 11.1 Å². The second-order valence-electron chi connectivity index (χ2n) is 4.75. The van der Waals surface area contributed by atoms with E-state index in [1.165, 1.54) is 0 Å². The van der Waals surface area contributed by atoms with Crippen LogP contribution in [0.15, 0.2) is 6.07 Å². The SMILES string of the molecule is Cc1cc(CNCC(C)(C)C(N)=O)n(C)n1. The topological polar surface area (TPSA) is 72.9 Å². The largest absolute Gasteiger partial charge is 0.369 e. The highest BCUT2D eigenvalue weighted by molar-refractivity contribution is 5.80. The second-order valence-corrected chi connectivity index (χ2v) is 4.75. The summed E-state index contributed by atoms with van der Waals surface area (Å²) in [6.45, 7) is 6.87. The van der Waals surface area contributed by atoms with Crippen LogP contribution in [0, 0.1) is 12.3 Å². The normalized spacial score (nSPS) is 11.8. The first-order valence-electron chi connectivity index (χ1n) is 5.33. The van der Waals surface area contributed by atoms with E-state index in [9.17, 15) is 4.79 Å². The third-order valence-electron chi connectivity index (χ3n) is 2.64. The van der Waals surface area contributed by atoms with Crippen molar-refractivity contribution in [3.8, 4) is 0 Å². The molecule has 5 nitrogen and oxygen atoms in total. The summed E-state index contributed by atoms with van der Waals surface area (Å²) < 4.78 is 1.83. The van der Waals surface area contributed by atoms with Crippen molar-refractivity contribution in [2.75, 3.05) is 6.54 Å². The maximum Gasteiger partial charge on any atom is 0.224 e. The molecule has 0 aromatic carbocycles. The van der Waals surface area contributed by atoms with Gasteiger partial charge in [-0.2, -0.15) is 5.10 Å². The summed E-state index contributed by atoms with van der Waals surface area (Å²) in [5, 5.41) is 7.46. The summed E-state index contributed by atoms with van der Waals surface area (Å²) in [5.41, 5.74) is 6.86. The van der Waals surface area contributed by atoms with Crippen molar-refractivity contribution in [1.82, 2.24) is 15.1 Å². The zero-order chi connectivity index (χ0) is 12.3. The molecule has 1 amide bonds. The molecule has 1 aromatic heterocycles. The van der Waals surface area contributed by atoms with E-state index in [-0.39, 0.29) is 5.91 Å². The molecule has 5 heteroatoms. The Morgan fingerprint density at radius 1 is 1.62 bits per heavy atom. The molecule has 1 aromatic rings. The van der Waals surface area contributed by atoms with Gasteiger partial charge in [0.05, 0.1) is 16.8 Å². The summed E-state index contributed by atoms with van der Waals surface area (Å²) in [6.07, 6.45) is 0. The number of aromatic nitrogens is 2. The lowest BCUT2D eigenvalue weighted by molar-refractivity contribution is -0.125. The summed E-state index contributed by atoms with van der Waals surface area (Å²) in [4.78, 5) is 11.1. The Balaban J connectivity index is 2.48. The quantitative estimate of drug-likeness (QED) is 0.757. The third-order valence-corrected chi connectivity index (χ3v) is 2.64. The zero-order valence-corrected chi connectivity index (χ0v) is 10.4. The Hall–Kier alpha value is -1.36. The van der Waals surface area contributed by atoms with Gasteiger partial charge >= 0.3 is 0 Å². The maximum absolute atomic E-state index is 11.1. The molecule has 0 aliphatic carbocycles. The van der Waals surface area contributed by atoms with Gasteiger partial charge in [0.1, 0.15) is 0 Å². The molecule has 3 N–H and O–H groups in total. The van der Waals surface area contributed by atoms with Crippen molar-refractivity contribution in [1.29, 1.82) is 0 Å². The molecule has 0 aliphatic heterocycles. The molecule has 0 aliphatic rings. The van der Waals surface area contributed by atoms with Gasteiger partial charge in [0.25, 0.3) is 0 Å². The minimum absolute atomic E-state index is 0.291. The van der Waals surface area contributed by atoms with Crippen molar-refractivity contribution in [2.24, 2.45) is 18.2 Å². The fourth-order valence-electron chi connectivity index (χ4n) is 1.42. The Morgan fingerprint density at radius 3 is 2.69 bits per heavy atom. The van der Waals surface area contributed by atoms with Crippen LogP contribution in [0.3, 0.4) is 0 Å². The predicted molar refractivity (Wildman–Crippen MR) is 62.6 cm³/mol. The van der Waals surface area contributed by atoms with E-state index in [1.54, 1.807) is 0 Å². The first-order chi connectivity index (χ1) is 7.33. The Morgan fingerprint density at radius 2 is 2.25 bits per heavy atom. The van der Waals surface area contributed by atoms with Crippen molar-refractivity contribution in [3.05, 3.63) is 17.5 Å². The number of carbonyl (C=O) groups is 1. The lowest BCUT2D eigenvalue weighted by Gasteiger charge is -2.20. The van der Waals surface area contributed by atoms with Gasteiger partial charge in [-0.05, 0) is 26.8 Å². The molecule has 0 bridgehead atoms. The standard InChI is InChI=1S/C11H20N4O/c1-8-5-9(15(4)14-8)6-13-7-11(2,3)10(12)16/h5,13H,6-7H2,1-4H3,(H2,12,16). The summed E-state index contributed by atoms with van der Waals surface area (Å²) in [5.74, 6) is -0.291. The van der Waals surface area contributed by atoms with E-state index in [0.29, 0.717) is 13.1 Å². The number of rotatable bonds is 5. The number of amides is 1. The van der Waals surface area contributed by atoms with Crippen LogP contribution in [0.2, 0.25) is 0 Å². The van der Waals surface area contributed by atoms with Gasteiger partial charge in [0.15, 0.2) is 0 Å². The number of hydrogen-bond donors (Lipinski definition) is 2. The molecule has 1 heterocycles. The van der Waals surface area contributed by atoms with Gasteiger partial charge in [0.2, 0.25) is 5.91 Å². The van der Waals surface area contributed by atoms with E-state index in [2.05, 4.69) is 10.4 Å². The molecule has 0 spiro atoms. The van der Waals surface area contributed by atoms with E-state index < -0.39 is 5.41 Å². The molecule has 0 radical (unpaired) electrons. The van der Waals surface area contributed by atoms with E-state index >= 15 is 0 Å². The minimum atomic E-state index is -0.520. The third kappa shape index (κ3) is 3.06. The van der Waals surface area contributed by atoms with Gasteiger partial charge in [-0.15, -0.1) is 0 Å². The van der Waals surface area contributed by atoms with Gasteiger partial charge in [-0.25, -0.2) is 0 Å². The number of primary amides is 1. The molecule has 0 fully saturated rings. The number of nitrogens with two attached hydrogens (primary N) is 1. The highest BCUT2D eigenvalue weighted by Crippen LogP contribution is 2.12. The Kier molecular flexibility index (Phi) is 3.70. The Bertz CT molecular complexity index is 381. The van der Waals surface area contributed by atoms with E-state index in [4.69, 9.17) is 5.73 Å². The summed E-state index contributed by atoms with van der Waals surface area (Å²) in [7, 11) is 1.91. The van der Waals surface area contributed by atoms with Gasteiger partial charge in [-0.3, -0.25) is 9.48 Å². The number of carbonyl (C=O) groups excluding carboxylic acids is 1. The fraction of sp³-hybridized carbons (Fsp3) is 0.636. The number of nitrogens with one attached hydrogen (secondary N) is 1. The van der Waals surface area contributed by atoms with Crippen LogP contribution >= 0.6 is 0 Å². The van der Waals surface area contributed by atoms with Crippen molar-refractivity contribution in [2.45, 2.75) is 27.3 Å². The number of nitrogens with zero attached hydrogens (tertiary/aromatic N) is 2. The first-order valence-corrected chi connectivity index (χ1v) is 5.33. The summed E-state index contributed by atoms with van der Waals surface area (Å²) in [6, 6.07) is 2.02. The average molecular weight is 224 g/mol. The molecule has 0 unspecified atom stereocenters. The second kappa shape index (κ2) is 4.65. The zero-order valence-electron chi connectivity index (χ0n) is 10.4. The highest BCUT2D eigenvalue weighted by Gasteiger charge is 2.24. The first kappa shape index (κ1) is 12.7. The molecular formula is C11H20N4O. The number of aryl methyl sites for hydroxylation is 2. The molecule has 0 saturated heterocycles. The molecule has 1 rings (SSSR count). The van der Waals surface area contributed by atoms with Crippen LogP contribution in [-0.4, -0.2) is 22.2 Å². The Labute approximate surface area is 96.0 Å². The maximum atomic E-state index is 11.1. The van der Waals surface area contributed by atoms with Crippen molar-refractivity contribution < 1.29 is 4.79 Å². The van der Waals surface area contributed by atoms with Crippen LogP contribution in [0.25, 0.3) is 0 Å². The molecule has 90 valence electrons. The van der Waals surface area contributed by atoms with Crippen molar-refractivity contribution in [3.63, 3.8) is 0 Å². The minimum Gasteiger partial charge on any atom is -0.369 e. The van der Waals surface area contributed by atoms with Crippen molar-refractivity contribution >= 4 is 5.91 Å². The molecule has 0 saturated carbocycles. The van der Waals surface area contributed by atoms with E-state index in [1.807, 2.05) is 38.6 Å². The number of hydrogen-bond acceptors (Lipinski definition) is 3. The molecular weight excluding hydrogens is 204 g/mol. The van der Waals surface area contributed by atoms with Gasteiger partial charge in [0, 0.05) is 20.1 Å². The van der Waals surface area contributed by atoms with Crippen LogP contribution in [0.5, 0.6) is 0 Å². The monoisotopic (exact) mass is 224 g/mol. The fourth-order valence-corrected chi connectivity index (χ4v) is 1.42. The molecule has 16 heavy (non-hydrogen) atoms. The van der Waals surface area contributed by atoms with Crippen LogP contribution < -0.4 is 11.1 Å². The van der Waals surface area contributed by atoms with Crippen LogP contribution in [0.4, 0.5) is 0 Å². The highest BCUT2D eigenvalue weighted by atomic mass is 16.1. The predicted octanol–water partition coefficient (Wildman–Crippen LogP) is 0.330. The van der Waals surface area contributed by atoms with E-state index in [0.717, 1.165) is 11.4 Å². The lowest BCUT2D eigenvalue weighted by atomic mass is 9.93. The molecule has 0 atom stereocenters. The smallest absolute Gasteiger partial charge is 0.224 e. The summed E-state index contributed by atoms with van der Waals surface area (Å²) >= 11 is 0. The lowest BCUT2D eigenvalue weighted by Crippen LogP contribution is -2.40. The van der Waals surface area contributed by atoms with Crippen LogP contribution in [-0.2, 0) is 18.4 Å². The van der Waals surface area contributed by atoms with Gasteiger partial charge in [-0.1, -0.05) is 0 Å². The average Bonchev–Trinajstić information content (AvgIpc) is 2.44.